The highest BCUT2D eigenvalue weighted by Crippen LogP contribution is 2.53. The van der Waals surface area contributed by atoms with Gasteiger partial charge in [0.2, 0.25) is 0 Å². The van der Waals surface area contributed by atoms with Gasteiger partial charge in [-0.25, -0.2) is 0 Å². The van der Waals surface area contributed by atoms with E-state index in [4.69, 9.17) is 0 Å². The van der Waals surface area contributed by atoms with Crippen molar-refractivity contribution < 1.29 is 0 Å². The van der Waals surface area contributed by atoms with Gasteiger partial charge >= 0.3 is 0 Å². The maximum atomic E-state index is 3.87. The van der Waals surface area contributed by atoms with E-state index in [-0.39, 0.29) is 0 Å². The predicted molar refractivity (Wildman–Crippen MR) is 50.0 cm³/mol. The molecule has 0 unspecified atom stereocenters. The van der Waals surface area contributed by atoms with Gasteiger partial charge in [0.25, 0.3) is 0 Å². The molecule has 1 N–H and O–H groups in total. The van der Waals surface area contributed by atoms with Gasteiger partial charge in [0.1, 0.15) is 0 Å². The van der Waals surface area contributed by atoms with Crippen LogP contribution in [-0.2, 0) is 0 Å². The molecular weight excluding hydrogens is 146 g/mol. The fourth-order valence-electron chi connectivity index (χ4n) is 4.60. The monoisotopic (exact) mass is 165 g/mol. The second-order valence-corrected chi connectivity index (χ2v) is 6.03. The predicted octanol–water partition coefficient (Wildman–Crippen LogP) is 2.32. The molecule has 1 nitrogen and oxygen atoms in total. The minimum atomic E-state index is 0.513. The quantitative estimate of drug-likeness (QED) is 0.581. The summed E-state index contributed by atoms with van der Waals surface area (Å²) < 4.78 is 0. The van der Waals surface area contributed by atoms with Crippen molar-refractivity contribution in [3.05, 3.63) is 0 Å². The minimum Gasteiger partial charge on any atom is -0.306 e. The average molecular weight is 165 g/mol. The van der Waals surface area contributed by atoms with Crippen LogP contribution < -0.4 is 5.32 Å². The van der Waals surface area contributed by atoms with E-state index in [0.29, 0.717) is 11.1 Å². The summed E-state index contributed by atoms with van der Waals surface area (Å²) in [6.07, 6.45) is 7.31. The number of piperidine rings is 2. The zero-order valence-corrected chi connectivity index (χ0v) is 8.19. The summed E-state index contributed by atoms with van der Waals surface area (Å²) in [6.45, 7) is 4.87. The Morgan fingerprint density at radius 1 is 0.917 bits per heavy atom. The van der Waals surface area contributed by atoms with E-state index >= 15 is 0 Å². The molecule has 4 rings (SSSR count). The molecule has 2 aliphatic carbocycles. The molecule has 68 valence electrons. The van der Waals surface area contributed by atoms with Crippen LogP contribution in [0, 0.1) is 11.8 Å². The summed E-state index contributed by atoms with van der Waals surface area (Å²) in [4.78, 5) is 0. The Morgan fingerprint density at radius 3 is 1.67 bits per heavy atom. The first-order chi connectivity index (χ1) is 5.57. The van der Waals surface area contributed by atoms with Gasteiger partial charge in [-0.3, -0.25) is 0 Å². The van der Waals surface area contributed by atoms with Crippen LogP contribution in [0.2, 0.25) is 0 Å². The average Bonchev–Trinajstić information content (AvgIpc) is 1.75. The fourth-order valence-corrected chi connectivity index (χ4v) is 4.60. The Morgan fingerprint density at radius 2 is 1.33 bits per heavy atom. The van der Waals surface area contributed by atoms with Crippen molar-refractivity contribution in [2.75, 3.05) is 0 Å². The van der Waals surface area contributed by atoms with E-state index in [9.17, 15) is 0 Å². The van der Waals surface area contributed by atoms with E-state index in [2.05, 4.69) is 19.2 Å². The maximum absolute atomic E-state index is 3.87. The number of rotatable bonds is 0. The summed E-state index contributed by atoms with van der Waals surface area (Å²) in [6, 6.07) is 0. The highest BCUT2D eigenvalue weighted by molar-refractivity contribution is 5.11. The zero-order valence-electron chi connectivity index (χ0n) is 8.19. The van der Waals surface area contributed by atoms with Crippen molar-refractivity contribution in [1.29, 1.82) is 0 Å². The molecule has 0 atom stereocenters. The molecule has 2 aliphatic heterocycles. The largest absolute Gasteiger partial charge is 0.306 e. The van der Waals surface area contributed by atoms with Gasteiger partial charge in [-0.1, -0.05) is 0 Å². The van der Waals surface area contributed by atoms with E-state index in [1.165, 1.54) is 32.1 Å². The second-order valence-electron chi connectivity index (χ2n) is 6.03. The van der Waals surface area contributed by atoms with Crippen molar-refractivity contribution in [2.24, 2.45) is 11.8 Å². The van der Waals surface area contributed by atoms with Gasteiger partial charge in [-0.15, -0.1) is 0 Å². The molecule has 0 aromatic carbocycles. The van der Waals surface area contributed by atoms with Crippen LogP contribution in [0.3, 0.4) is 0 Å². The molecule has 4 aliphatic rings. The molecule has 0 aromatic heterocycles. The van der Waals surface area contributed by atoms with Crippen molar-refractivity contribution in [2.45, 2.75) is 57.0 Å². The third kappa shape index (κ3) is 0.891. The second kappa shape index (κ2) is 1.89. The van der Waals surface area contributed by atoms with Gasteiger partial charge in [0.15, 0.2) is 0 Å². The van der Waals surface area contributed by atoms with Crippen LogP contribution in [0.4, 0.5) is 0 Å². The lowest BCUT2D eigenvalue weighted by molar-refractivity contribution is -0.0380. The van der Waals surface area contributed by atoms with E-state index < -0.39 is 0 Å². The lowest BCUT2D eigenvalue weighted by Gasteiger charge is -2.61. The third-order valence-corrected chi connectivity index (χ3v) is 4.23. The molecular formula is C11H19N. The summed E-state index contributed by atoms with van der Waals surface area (Å²) in [5.74, 6) is 2.10. The van der Waals surface area contributed by atoms with E-state index in [0.717, 1.165) is 11.8 Å². The van der Waals surface area contributed by atoms with Gasteiger partial charge < -0.3 is 5.32 Å². The van der Waals surface area contributed by atoms with Crippen molar-refractivity contribution >= 4 is 0 Å². The van der Waals surface area contributed by atoms with Crippen LogP contribution in [0.1, 0.15) is 46.0 Å². The zero-order chi connectivity index (χ0) is 8.40. The summed E-state index contributed by atoms with van der Waals surface area (Å²) >= 11 is 0. The Labute approximate surface area is 74.9 Å². The molecule has 2 heterocycles. The third-order valence-electron chi connectivity index (χ3n) is 4.23. The van der Waals surface area contributed by atoms with Crippen LogP contribution in [0.5, 0.6) is 0 Å². The number of hydrogen-bond acceptors (Lipinski definition) is 1. The maximum Gasteiger partial charge on any atom is 0.0163 e. The normalized spacial score (nSPS) is 62.5. The molecule has 4 bridgehead atoms. The van der Waals surface area contributed by atoms with Crippen molar-refractivity contribution in [3.63, 3.8) is 0 Å². The Bertz CT molecular complexity index is 187. The minimum absolute atomic E-state index is 0.513. The van der Waals surface area contributed by atoms with Crippen LogP contribution in [0.15, 0.2) is 0 Å². The molecule has 12 heavy (non-hydrogen) atoms. The smallest absolute Gasteiger partial charge is 0.0163 e. The van der Waals surface area contributed by atoms with Crippen molar-refractivity contribution in [3.8, 4) is 0 Å². The summed E-state index contributed by atoms with van der Waals surface area (Å²) in [7, 11) is 0. The summed E-state index contributed by atoms with van der Waals surface area (Å²) in [5, 5.41) is 3.87. The summed E-state index contributed by atoms with van der Waals surface area (Å²) in [5.41, 5.74) is 1.03. The van der Waals surface area contributed by atoms with Gasteiger partial charge in [0, 0.05) is 11.1 Å². The van der Waals surface area contributed by atoms with E-state index in [1.807, 2.05) is 0 Å². The van der Waals surface area contributed by atoms with E-state index in [1.54, 1.807) is 0 Å². The molecule has 0 amide bonds. The number of nitrogens with one attached hydrogen (secondary N) is 1. The Kier molecular flexibility index (Phi) is 1.16. The first kappa shape index (κ1) is 7.37. The van der Waals surface area contributed by atoms with Crippen LogP contribution >= 0.6 is 0 Å². The highest BCUT2D eigenvalue weighted by atomic mass is 15.1. The molecule has 4 fully saturated rings. The molecule has 0 spiro atoms. The molecule has 0 aromatic rings. The van der Waals surface area contributed by atoms with Gasteiger partial charge in [-0.05, 0) is 57.8 Å². The standard InChI is InChI=1S/C11H19N/c1-10-4-8-3-9(5-10)7-11(2,6-8)12-10/h8-9,12H,3-7H2,1-2H3. The fraction of sp³-hybridized carbons (Fsp3) is 1.00. The first-order valence-corrected chi connectivity index (χ1v) is 5.36. The molecule has 1 heteroatoms. The van der Waals surface area contributed by atoms with Crippen molar-refractivity contribution in [1.82, 2.24) is 5.32 Å². The SMILES string of the molecule is CC12CC3CC(C1)CC(C)(C3)N2. The molecule has 2 saturated heterocycles. The Hall–Kier alpha value is -0.0400. The number of hydrogen-bond donors (Lipinski definition) is 1. The van der Waals surface area contributed by atoms with Gasteiger partial charge in [-0.2, -0.15) is 0 Å². The lowest BCUT2D eigenvalue weighted by atomic mass is 9.55. The topological polar surface area (TPSA) is 12.0 Å². The highest BCUT2D eigenvalue weighted by Gasteiger charge is 2.53. The van der Waals surface area contributed by atoms with Crippen LogP contribution in [0.25, 0.3) is 0 Å². The Balaban J connectivity index is 1.98. The molecule has 0 radical (unpaired) electrons. The van der Waals surface area contributed by atoms with Crippen LogP contribution in [-0.4, -0.2) is 11.1 Å². The first-order valence-electron chi connectivity index (χ1n) is 5.36. The lowest BCUT2D eigenvalue weighted by Crippen LogP contribution is -2.68. The van der Waals surface area contributed by atoms with Gasteiger partial charge in [0.05, 0.1) is 0 Å². The molecule has 2 saturated carbocycles.